The van der Waals surface area contributed by atoms with E-state index in [1.165, 1.54) is 5.56 Å². The molecule has 1 fully saturated rings. The Labute approximate surface area is 94.6 Å². The van der Waals surface area contributed by atoms with Crippen molar-refractivity contribution in [3.63, 3.8) is 0 Å². The quantitative estimate of drug-likeness (QED) is 0.820. The third-order valence-corrected chi connectivity index (χ3v) is 3.04. The number of rotatable bonds is 2. The molecule has 2 nitrogen and oxygen atoms in total. The summed E-state index contributed by atoms with van der Waals surface area (Å²) in [5, 5.41) is 3.74. The van der Waals surface area contributed by atoms with Crippen molar-refractivity contribution in [1.29, 1.82) is 0 Å². The standard InChI is InChI=1S/C12H14ClNO/c1-8-5-11(14-12(8)15)7-9-3-2-4-10(13)6-9/h2-4,6,8,11H,5,7H2,1H3,(H,14,15). The van der Waals surface area contributed by atoms with E-state index in [0.29, 0.717) is 0 Å². The summed E-state index contributed by atoms with van der Waals surface area (Å²) in [6, 6.07) is 8.07. The molecule has 1 aromatic rings. The Morgan fingerprint density at radius 3 is 2.93 bits per heavy atom. The van der Waals surface area contributed by atoms with Gasteiger partial charge in [-0.3, -0.25) is 4.79 Å². The number of halogens is 1. The van der Waals surface area contributed by atoms with Crippen LogP contribution in [-0.2, 0) is 11.2 Å². The van der Waals surface area contributed by atoms with E-state index in [1.54, 1.807) is 0 Å². The SMILES string of the molecule is CC1CC(Cc2cccc(Cl)c2)NC1=O. The molecule has 15 heavy (non-hydrogen) atoms. The summed E-state index contributed by atoms with van der Waals surface area (Å²) < 4.78 is 0. The predicted molar refractivity (Wildman–Crippen MR) is 60.9 cm³/mol. The molecule has 0 saturated carbocycles. The van der Waals surface area contributed by atoms with Gasteiger partial charge in [0.2, 0.25) is 5.91 Å². The first-order chi connectivity index (χ1) is 7.15. The zero-order valence-electron chi connectivity index (χ0n) is 8.66. The predicted octanol–water partition coefficient (Wildman–Crippen LogP) is 2.41. The van der Waals surface area contributed by atoms with E-state index >= 15 is 0 Å². The maximum atomic E-state index is 11.3. The third-order valence-electron chi connectivity index (χ3n) is 2.80. The highest BCUT2D eigenvalue weighted by atomic mass is 35.5. The Morgan fingerprint density at radius 1 is 1.53 bits per heavy atom. The molecule has 0 aromatic heterocycles. The molecule has 1 heterocycles. The van der Waals surface area contributed by atoms with Crippen molar-refractivity contribution in [1.82, 2.24) is 5.32 Å². The van der Waals surface area contributed by atoms with Crippen molar-refractivity contribution in [2.45, 2.75) is 25.8 Å². The minimum absolute atomic E-state index is 0.147. The summed E-state index contributed by atoms with van der Waals surface area (Å²) in [6.45, 7) is 1.97. The topological polar surface area (TPSA) is 29.1 Å². The van der Waals surface area contributed by atoms with Crippen LogP contribution in [0, 0.1) is 5.92 Å². The third kappa shape index (κ3) is 2.51. The van der Waals surface area contributed by atoms with Crippen LogP contribution in [-0.4, -0.2) is 11.9 Å². The van der Waals surface area contributed by atoms with Gasteiger partial charge in [0.15, 0.2) is 0 Å². The van der Waals surface area contributed by atoms with Gasteiger partial charge in [-0.1, -0.05) is 30.7 Å². The molecule has 1 amide bonds. The average molecular weight is 224 g/mol. The molecule has 1 aliphatic rings. The molecule has 3 heteroatoms. The van der Waals surface area contributed by atoms with Gasteiger partial charge in [-0.15, -0.1) is 0 Å². The molecule has 2 atom stereocenters. The first-order valence-electron chi connectivity index (χ1n) is 5.20. The second-order valence-electron chi connectivity index (χ2n) is 4.18. The van der Waals surface area contributed by atoms with Gasteiger partial charge in [-0.05, 0) is 30.5 Å². The molecular formula is C12H14ClNO. The maximum absolute atomic E-state index is 11.3. The Morgan fingerprint density at radius 2 is 2.33 bits per heavy atom. The second kappa shape index (κ2) is 4.23. The lowest BCUT2D eigenvalue weighted by Gasteiger charge is -2.09. The first-order valence-corrected chi connectivity index (χ1v) is 5.58. The lowest BCUT2D eigenvalue weighted by Crippen LogP contribution is -2.27. The van der Waals surface area contributed by atoms with Crippen molar-refractivity contribution in [3.05, 3.63) is 34.9 Å². The number of hydrogen-bond donors (Lipinski definition) is 1. The van der Waals surface area contributed by atoms with Crippen LogP contribution in [0.2, 0.25) is 5.02 Å². The lowest BCUT2D eigenvalue weighted by atomic mass is 10.0. The van der Waals surface area contributed by atoms with Crippen molar-refractivity contribution < 1.29 is 4.79 Å². The molecule has 0 spiro atoms. The summed E-state index contributed by atoms with van der Waals surface area (Å²) in [4.78, 5) is 11.3. The fraction of sp³-hybridized carbons (Fsp3) is 0.417. The van der Waals surface area contributed by atoms with Crippen LogP contribution in [0.15, 0.2) is 24.3 Å². The van der Waals surface area contributed by atoms with Crippen LogP contribution in [0.25, 0.3) is 0 Å². The van der Waals surface area contributed by atoms with Crippen molar-refractivity contribution in [3.8, 4) is 0 Å². The fourth-order valence-corrected chi connectivity index (χ4v) is 2.23. The highest BCUT2D eigenvalue weighted by molar-refractivity contribution is 6.30. The molecular weight excluding hydrogens is 210 g/mol. The summed E-state index contributed by atoms with van der Waals surface area (Å²) in [5.74, 6) is 0.316. The van der Waals surface area contributed by atoms with E-state index in [-0.39, 0.29) is 17.9 Å². The highest BCUT2D eigenvalue weighted by Crippen LogP contribution is 2.19. The molecule has 1 N–H and O–H groups in total. The lowest BCUT2D eigenvalue weighted by molar-refractivity contribution is -0.122. The van der Waals surface area contributed by atoms with Crippen molar-refractivity contribution in [2.75, 3.05) is 0 Å². The smallest absolute Gasteiger partial charge is 0.223 e. The van der Waals surface area contributed by atoms with Crippen LogP contribution >= 0.6 is 11.6 Å². The second-order valence-corrected chi connectivity index (χ2v) is 4.61. The molecule has 0 aliphatic carbocycles. The minimum atomic E-state index is 0.147. The molecule has 2 rings (SSSR count). The van der Waals surface area contributed by atoms with E-state index in [9.17, 15) is 4.79 Å². The summed E-state index contributed by atoms with van der Waals surface area (Å²) in [6.07, 6.45) is 1.79. The number of nitrogens with one attached hydrogen (secondary N) is 1. The van der Waals surface area contributed by atoms with Crippen LogP contribution < -0.4 is 5.32 Å². The van der Waals surface area contributed by atoms with E-state index in [2.05, 4.69) is 5.32 Å². The van der Waals surface area contributed by atoms with Gasteiger partial charge < -0.3 is 5.32 Å². The van der Waals surface area contributed by atoms with Gasteiger partial charge in [0.25, 0.3) is 0 Å². The zero-order chi connectivity index (χ0) is 10.8. The van der Waals surface area contributed by atoms with E-state index in [1.807, 2.05) is 31.2 Å². The molecule has 1 aliphatic heterocycles. The van der Waals surface area contributed by atoms with Crippen LogP contribution in [0.1, 0.15) is 18.9 Å². The van der Waals surface area contributed by atoms with Gasteiger partial charge >= 0.3 is 0 Å². The molecule has 1 aromatic carbocycles. The minimum Gasteiger partial charge on any atom is -0.353 e. The Kier molecular flexibility index (Phi) is 2.96. The summed E-state index contributed by atoms with van der Waals surface area (Å²) >= 11 is 5.90. The Bertz CT molecular complexity index is 378. The van der Waals surface area contributed by atoms with E-state index in [4.69, 9.17) is 11.6 Å². The maximum Gasteiger partial charge on any atom is 0.223 e. The summed E-state index contributed by atoms with van der Waals surface area (Å²) in [5.41, 5.74) is 1.18. The van der Waals surface area contributed by atoms with Crippen LogP contribution in [0.3, 0.4) is 0 Å². The van der Waals surface area contributed by atoms with Gasteiger partial charge in [0.05, 0.1) is 0 Å². The van der Waals surface area contributed by atoms with Crippen LogP contribution in [0.4, 0.5) is 0 Å². The molecule has 2 unspecified atom stereocenters. The van der Waals surface area contributed by atoms with E-state index in [0.717, 1.165) is 17.9 Å². The van der Waals surface area contributed by atoms with Crippen LogP contribution in [0.5, 0.6) is 0 Å². The molecule has 0 radical (unpaired) electrons. The number of benzene rings is 1. The molecule has 1 saturated heterocycles. The van der Waals surface area contributed by atoms with E-state index < -0.39 is 0 Å². The first kappa shape index (κ1) is 10.5. The van der Waals surface area contributed by atoms with Crippen molar-refractivity contribution >= 4 is 17.5 Å². The zero-order valence-corrected chi connectivity index (χ0v) is 9.42. The summed E-state index contributed by atoms with van der Waals surface area (Å²) in [7, 11) is 0. The Balaban J connectivity index is 2.01. The monoisotopic (exact) mass is 223 g/mol. The number of amides is 1. The number of carbonyl (C=O) groups is 1. The number of hydrogen-bond acceptors (Lipinski definition) is 1. The van der Waals surface area contributed by atoms with Gasteiger partial charge in [0.1, 0.15) is 0 Å². The van der Waals surface area contributed by atoms with Gasteiger partial charge in [-0.2, -0.15) is 0 Å². The number of carbonyl (C=O) groups excluding carboxylic acids is 1. The van der Waals surface area contributed by atoms with Gasteiger partial charge in [0, 0.05) is 17.0 Å². The molecule has 0 bridgehead atoms. The molecule has 80 valence electrons. The Hall–Kier alpha value is -1.02. The van der Waals surface area contributed by atoms with Crippen molar-refractivity contribution in [2.24, 2.45) is 5.92 Å². The largest absolute Gasteiger partial charge is 0.353 e. The highest BCUT2D eigenvalue weighted by Gasteiger charge is 2.27. The average Bonchev–Trinajstić information content (AvgIpc) is 2.45. The normalized spacial score (nSPS) is 25.3. The van der Waals surface area contributed by atoms with Gasteiger partial charge in [-0.25, -0.2) is 0 Å². The fourth-order valence-electron chi connectivity index (χ4n) is 2.02.